The molecule has 1 atom stereocenters. The Bertz CT molecular complexity index is 1030. The average Bonchev–Trinajstić information content (AvgIpc) is 3.43. The second-order valence-electron chi connectivity index (χ2n) is 6.85. The number of benzene rings is 1. The van der Waals surface area contributed by atoms with Crippen LogP contribution in [0.2, 0.25) is 0 Å². The topological polar surface area (TPSA) is 95.1 Å². The third-order valence-electron chi connectivity index (χ3n) is 4.70. The van der Waals surface area contributed by atoms with Gasteiger partial charge in [-0.05, 0) is 12.0 Å². The fraction of sp³-hybridized carbons (Fsp3) is 0.389. The van der Waals surface area contributed by atoms with E-state index < -0.39 is 10.0 Å². The molecular formula is C18H22N6O3S. The summed E-state index contributed by atoms with van der Waals surface area (Å²) in [6.45, 7) is 1.65. The number of nitrogens with zero attached hydrogens (tertiary/aromatic N) is 6. The van der Waals surface area contributed by atoms with Crippen LogP contribution in [0, 0.1) is 0 Å². The molecule has 10 heteroatoms. The number of rotatable bonds is 7. The van der Waals surface area contributed by atoms with Crippen molar-refractivity contribution in [1.82, 2.24) is 28.9 Å². The zero-order valence-electron chi connectivity index (χ0n) is 15.5. The van der Waals surface area contributed by atoms with Gasteiger partial charge in [0.15, 0.2) is 5.03 Å². The molecule has 1 aliphatic heterocycles. The van der Waals surface area contributed by atoms with E-state index >= 15 is 0 Å². The molecule has 3 heterocycles. The molecule has 0 spiro atoms. The first kappa shape index (κ1) is 18.8. The first-order valence-electron chi connectivity index (χ1n) is 9.03. The predicted octanol–water partition coefficient (Wildman–Crippen LogP) is 1.36. The van der Waals surface area contributed by atoms with Crippen molar-refractivity contribution in [1.29, 1.82) is 0 Å². The van der Waals surface area contributed by atoms with Gasteiger partial charge in [-0.3, -0.25) is 0 Å². The highest BCUT2D eigenvalue weighted by atomic mass is 32.2. The van der Waals surface area contributed by atoms with Crippen molar-refractivity contribution in [2.24, 2.45) is 7.05 Å². The van der Waals surface area contributed by atoms with Crippen LogP contribution in [0.3, 0.4) is 0 Å². The summed E-state index contributed by atoms with van der Waals surface area (Å²) in [7, 11) is -1.84. The lowest BCUT2D eigenvalue weighted by atomic mass is 10.2. The molecule has 0 bridgehead atoms. The SMILES string of the molecule is Cn1cnc(S(=O)(=O)N2CCC(n3cc(COCc4ccccc4)nn3)C2)c1. The van der Waals surface area contributed by atoms with Crippen LogP contribution in [0.25, 0.3) is 0 Å². The van der Waals surface area contributed by atoms with Crippen LogP contribution >= 0.6 is 0 Å². The smallest absolute Gasteiger partial charge is 0.262 e. The molecule has 0 radical (unpaired) electrons. The highest BCUT2D eigenvalue weighted by Crippen LogP contribution is 2.26. The summed E-state index contributed by atoms with van der Waals surface area (Å²) in [5.74, 6) is 0. The van der Waals surface area contributed by atoms with E-state index in [1.165, 1.54) is 16.8 Å². The van der Waals surface area contributed by atoms with Gasteiger partial charge in [-0.25, -0.2) is 18.1 Å². The highest BCUT2D eigenvalue weighted by molar-refractivity contribution is 7.89. The largest absolute Gasteiger partial charge is 0.370 e. The van der Waals surface area contributed by atoms with Crippen molar-refractivity contribution in [3.8, 4) is 0 Å². The van der Waals surface area contributed by atoms with E-state index in [2.05, 4.69) is 15.3 Å². The van der Waals surface area contributed by atoms with Gasteiger partial charge in [0.05, 0.1) is 31.8 Å². The van der Waals surface area contributed by atoms with Crippen molar-refractivity contribution < 1.29 is 13.2 Å². The van der Waals surface area contributed by atoms with Crippen LogP contribution in [0.15, 0.2) is 54.1 Å². The minimum atomic E-state index is -3.58. The van der Waals surface area contributed by atoms with Crippen molar-refractivity contribution in [3.63, 3.8) is 0 Å². The van der Waals surface area contributed by atoms with E-state index in [0.29, 0.717) is 32.7 Å². The van der Waals surface area contributed by atoms with Crippen molar-refractivity contribution >= 4 is 10.0 Å². The Morgan fingerprint density at radius 1 is 1.18 bits per heavy atom. The maximum absolute atomic E-state index is 12.7. The molecule has 0 saturated carbocycles. The molecule has 28 heavy (non-hydrogen) atoms. The summed E-state index contributed by atoms with van der Waals surface area (Å²) in [4.78, 5) is 3.97. The Morgan fingerprint density at radius 3 is 2.75 bits per heavy atom. The standard InChI is InChI=1S/C18H22N6O3S/c1-22-11-18(19-14-22)28(25,26)23-8-7-17(10-23)24-9-16(20-21-24)13-27-12-15-5-3-2-4-6-15/h2-6,9,11,14,17H,7-8,10,12-13H2,1H3. The van der Waals surface area contributed by atoms with Crippen molar-refractivity contribution in [3.05, 3.63) is 60.3 Å². The average molecular weight is 402 g/mol. The van der Waals surface area contributed by atoms with Crippen LogP contribution in [0.5, 0.6) is 0 Å². The van der Waals surface area contributed by atoms with Gasteiger partial charge < -0.3 is 9.30 Å². The van der Waals surface area contributed by atoms with Crippen LogP contribution in [-0.4, -0.2) is 50.4 Å². The van der Waals surface area contributed by atoms with E-state index in [0.717, 1.165) is 11.3 Å². The lowest BCUT2D eigenvalue weighted by Crippen LogP contribution is -2.29. The molecule has 148 valence electrons. The van der Waals surface area contributed by atoms with Gasteiger partial charge in [-0.2, -0.15) is 4.31 Å². The molecule has 0 aliphatic carbocycles. The Hall–Kier alpha value is -2.56. The highest BCUT2D eigenvalue weighted by Gasteiger charge is 2.35. The number of imidazole rings is 1. The van der Waals surface area contributed by atoms with E-state index in [9.17, 15) is 8.42 Å². The summed E-state index contributed by atoms with van der Waals surface area (Å²) in [6, 6.07) is 9.87. The number of aromatic nitrogens is 5. The zero-order valence-corrected chi connectivity index (χ0v) is 16.4. The lowest BCUT2D eigenvalue weighted by molar-refractivity contribution is 0.104. The molecule has 1 aliphatic rings. The van der Waals surface area contributed by atoms with Crippen molar-refractivity contribution in [2.45, 2.75) is 30.7 Å². The lowest BCUT2D eigenvalue weighted by Gasteiger charge is -2.14. The van der Waals surface area contributed by atoms with Gasteiger partial charge in [0.2, 0.25) is 0 Å². The first-order valence-corrected chi connectivity index (χ1v) is 10.5. The fourth-order valence-corrected chi connectivity index (χ4v) is 4.66. The third kappa shape index (κ3) is 3.98. The molecule has 9 nitrogen and oxygen atoms in total. The van der Waals surface area contributed by atoms with Crippen LogP contribution in [0.4, 0.5) is 0 Å². The molecular weight excluding hydrogens is 380 g/mol. The molecule has 1 saturated heterocycles. The number of ether oxygens (including phenoxy) is 1. The Balaban J connectivity index is 1.34. The summed E-state index contributed by atoms with van der Waals surface area (Å²) in [5, 5.41) is 8.38. The summed E-state index contributed by atoms with van der Waals surface area (Å²) in [6.07, 6.45) is 5.51. The summed E-state index contributed by atoms with van der Waals surface area (Å²) in [5.41, 5.74) is 1.82. The molecule has 0 N–H and O–H groups in total. The normalized spacial score (nSPS) is 18.0. The fourth-order valence-electron chi connectivity index (χ4n) is 3.20. The van der Waals surface area contributed by atoms with Gasteiger partial charge >= 0.3 is 0 Å². The predicted molar refractivity (Wildman–Crippen MR) is 101 cm³/mol. The quantitative estimate of drug-likeness (QED) is 0.592. The third-order valence-corrected chi connectivity index (χ3v) is 6.46. The Morgan fingerprint density at radius 2 is 2.00 bits per heavy atom. The Labute approximate surface area is 163 Å². The first-order chi connectivity index (χ1) is 13.5. The molecule has 3 aromatic rings. The summed E-state index contributed by atoms with van der Waals surface area (Å²) >= 11 is 0. The second kappa shape index (κ2) is 7.82. The van der Waals surface area contributed by atoms with Gasteiger partial charge in [-0.1, -0.05) is 35.5 Å². The molecule has 1 aromatic carbocycles. The van der Waals surface area contributed by atoms with Crippen LogP contribution < -0.4 is 0 Å². The van der Waals surface area contributed by atoms with E-state index in [1.54, 1.807) is 16.3 Å². The maximum Gasteiger partial charge on any atom is 0.262 e. The maximum atomic E-state index is 12.7. The monoisotopic (exact) mass is 402 g/mol. The zero-order chi connectivity index (χ0) is 19.6. The number of hydrogen-bond donors (Lipinski definition) is 0. The molecule has 1 unspecified atom stereocenters. The Kier molecular flexibility index (Phi) is 5.25. The summed E-state index contributed by atoms with van der Waals surface area (Å²) < 4.78 is 35.9. The molecule has 4 rings (SSSR count). The molecule has 0 amide bonds. The molecule has 1 fully saturated rings. The molecule has 2 aromatic heterocycles. The second-order valence-corrected chi connectivity index (χ2v) is 8.74. The number of hydrogen-bond acceptors (Lipinski definition) is 6. The van der Waals surface area contributed by atoms with Crippen LogP contribution in [0.1, 0.15) is 23.7 Å². The van der Waals surface area contributed by atoms with E-state index in [1.807, 2.05) is 36.5 Å². The minimum absolute atomic E-state index is 0.0474. The van der Waals surface area contributed by atoms with Gasteiger partial charge in [0.1, 0.15) is 5.69 Å². The number of sulfonamides is 1. The number of aryl methyl sites for hydroxylation is 1. The van der Waals surface area contributed by atoms with Crippen molar-refractivity contribution in [2.75, 3.05) is 13.1 Å². The van der Waals surface area contributed by atoms with Crippen LogP contribution in [-0.2, 0) is 35.0 Å². The van der Waals surface area contributed by atoms with Gasteiger partial charge in [-0.15, -0.1) is 5.10 Å². The van der Waals surface area contributed by atoms with Gasteiger partial charge in [0, 0.05) is 26.3 Å². The van der Waals surface area contributed by atoms with E-state index in [4.69, 9.17) is 4.74 Å². The van der Waals surface area contributed by atoms with E-state index in [-0.39, 0.29) is 11.1 Å². The van der Waals surface area contributed by atoms with Gasteiger partial charge in [0.25, 0.3) is 10.0 Å². The minimum Gasteiger partial charge on any atom is -0.370 e.